The van der Waals surface area contributed by atoms with E-state index in [-0.39, 0.29) is 22.6 Å². The van der Waals surface area contributed by atoms with E-state index in [1.54, 1.807) is 0 Å². The first-order chi connectivity index (χ1) is 11.4. The van der Waals surface area contributed by atoms with Crippen LogP contribution in [0.4, 0.5) is 0 Å². The van der Waals surface area contributed by atoms with Crippen molar-refractivity contribution in [3.8, 4) is 0 Å². The van der Waals surface area contributed by atoms with Gasteiger partial charge in [-0.25, -0.2) is 9.97 Å². The lowest BCUT2D eigenvalue weighted by atomic mass is 10.1. The molecule has 2 aromatic rings. The largest absolute Gasteiger partial charge is 0.354 e. The maximum atomic E-state index is 4.57. The molecule has 0 fully saturated rings. The third kappa shape index (κ3) is 5.12. The maximum Gasteiger partial charge on any atom is 0.106 e. The fourth-order valence-corrected chi connectivity index (χ4v) is 3.60. The highest BCUT2D eigenvalue weighted by Crippen LogP contribution is 2.28. The average molecular weight is 533 g/mol. The summed E-state index contributed by atoms with van der Waals surface area (Å²) in [6.07, 6.45) is 4.37. The van der Waals surface area contributed by atoms with Crippen LogP contribution in [-0.4, -0.2) is 32.0 Å². The number of hydrogen-bond acceptors (Lipinski definition) is 4. The predicted octanol–water partition coefficient (Wildman–Crippen LogP) is 5.15. The Hall–Kier alpha value is -0.760. The van der Waals surface area contributed by atoms with Gasteiger partial charge < -0.3 is 4.90 Å². The van der Waals surface area contributed by atoms with Gasteiger partial charge in [0.1, 0.15) is 9.21 Å². The van der Waals surface area contributed by atoms with Gasteiger partial charge in [0.15, 0.2) is 0 Å². The van der Waals surface area contributed by atoms with E-state index in [2.05, 4.69) is 89.9 Å². The zero-order valence-corrected chi connectivity index (χ0v) is 19.1. The van der Waals surface area contributed by atoms with E-state index in [9.17, 15) is 0 Å². The molecule has 0 aliphatic carbocycles. The molecule has 0 radical (unpaired) electrons. The molecule has 0 N–H and O–H groups in total. The van der Waals surface area contributed by atoms with E-state index in [1.807, 2.05) is 24.3 Å². The van der Waals surface area contributed by atoms with E-state index in [0.717, 1.165) is 40.2 Å². The summed E-state index contributed by atoms with van der Waals surface area (Å²) in [6, 6.07) is 12.1. The summed E-state index contributed by atoms with van der Waals surface area (Å²) in [6.45, 7) is 6.97. The van der Waals surface area contributed by atoms with Crippen LogP contribution >= 0.6 is 48.8 Å². The zero-order valence-electron chi connectivity index (χ0n) is 14.2. The Morgan fingerprint density at radius 3 is 2.08 bits per heavy atom. The van der Waals surface area contributed by atoms with E-state index in [1.165, 1.54) is 0 Å². The van der Waals surface area contributed by atoms with E-state index in [4.69, 9.17) is 0 Å². The van der Waals surface area contributed by atoms with Crippen molar-refractivity contribution in [2.75, 3.05) is 6.54 Å². The summed E-state index contributed by atoms with van der Waals surface area (Å²) < 4.78 is 1.74. The second-order valence-corrected chi connectivity index (χ2v) is 7.92. The van der Waals surface area contributed by atoms with Crippen molar-refractivity contribution in [3.63, 3.8) is 0 Å². The molecule has 4 nitrogen and oxygen atoms in total. The molecular weight excluding hydrogens is 512 g/mol. The van der Waals surface area contributed by atoms with Crippen molar-refractivity contribution in [2.24, 2.45) is 0 Å². The average Bonchev–Trinajstić information content (AvgIpc) is 2.52. The first-order valence-corrected chi connectivity index (χ1v) is 9.45. The number of rotatable bonds is 4. The molecule has 0 amide bonds. The molecule has 0 atom stereocenters. The Morgan fingerprint density at radius 1 is 0.960 bits per heavy atom. The highest BCUT2D eigenvalue weighted by Gasteiger charge is 2.34. The van der Waals surface area contributed by atoms with Crippen molar-refractivity contribution in [1.82, 2.24) is 19.8 Å². The maximum absolute atomic E-state index is 4.57. The monoisotopic (exact) mass is 530 g/mol. The zero-order chi connectivity index (χ0) is 17.2. The van der Waals surface area contributed by atoms with Crippen LogP contribution in [0.1, 0.15) is 25.2 Å². The normalized spacial score (nSPS) is 16.6. The number of nitrogens with zero attached hydrogens (tertiary/aromatic N) is 4. The van der Waals surface area contributed by atoms with Crippen LogP contribution in [0.2, 0.25) is 0 Å². The summed E-state index contributed by atoms with van der Waals surface area (Å²) in [5, 5.41) is 0. The Balaban J connectivity index is 0.00000225. The van der Waals surface area contributed by atoms with Crippen LogP contribution in [0.15, 0.2) is 57.9 Å². The SMILES string of the molecule is Br.CC1(C)N(Cc2cccc(Br)n2)C=CCN1Cc1cccc(Br)n1. The van der Waals surface area contributed by atoms with Crippen LogP contribution < -0.4 is 0 Å². The first kappa shape index (κ1) is 20.6. The number of halogens is 3. The van der Waals surface area contributed by atoms with Gasteiger partial charge in [-0.15, -0.1) is 17.0 Å². The van der Waals surface area contributed by atoms with Gasteiger partial charge in [-0.2, -0.15) is 0 Å². The van der Waals surface area contributed by atoms with E-state index < -0.39 is 0 Å². The molecule has 3 heterocycles. The Morgan fingerprint density at radius 2 is 1.52 bits per heavy atom. The summed E-state index contributed by atoms with van der Waals surface area (Å²) in [5.74, 6) is 0. The van der Waals surface area contributed by atoms with Crippen LogP contribution in [0.25, 0.3) is 0 Å². The Labute approximate surface area is 176 Å². The quantitative estimate of drug-likeness (QED) is 0.510. The molecule has 0 aromatic carbocycles. The third-order valence-corrected chi connectivity index (χ3v) is 5.20. The highest BCUT2D eigenvalue weighted by atomic mass is 79.9. The van der Waals surface area contributed by atoms with Crippen LogP contribution in [-0.2, 0) is 13.1 Å². The first-order valence-electron chi connectivity index (χ1n) is 7.86. The van der Waals surface area contributed by atoms with Crippen molar-refractivity contribution in [2.45, 2.75) is 32.6 Å². The Bertz CT molecular complexity index is 749. The molecule has 2 aromatic heterocycles. The number of aromatic nitrogens is 2. The minimum Gasteiger partial charge on any atom is -0.354 e. The van der Waals surface area contributed by atoms with Gasteiger partial charge in [-0.3, -0.25) is 4.90 Å². The highest BCUT2D eigenvalue weighted by molar-refractivity contribution is 9.10. The van der Waals surface area contributed by atoms with Crippen molar-refractivity contribution >= 4 is 48.8 Å². The lowest BCUT2D eigenvalue weighted by Gasteiger charge is -2.48. The lowest BCUT2D eigenvalue weighted by Crippen LogP contribution is -2.56. The number of pyridine rings is 2. The summed E-state index contributed by atoms with van der Waals surface area (Å²) in [7, 11) is 0. The fraction of sp³-hybridized carbons (Fsp3) is 0.333. The molecular formula is C18H21Br3N4. The van der Waals surface area contributed by atoms with E-state index >= 15 is 0 Å². The molecule has 1 aliphatic rings. The number of hydrogen-bond donors (Lipinski definition) is 0. The topological polar surface area (TPSA) is 32.3 Å². The molecule has 25 heavy (non-hydrogen) atoms. The van der Waals surface area contributed by atoms with Gasteiger partial charge >= 0.3 is 0 Å². The van der Waals surface area contributed by atoms with Crippen molar-refractivity contribution < 1.29 is 0 Å². The predicted molar refractivity (Wildman–Crippen MR) is 113 cm³/mol. The summed E-state index contributed by atoms with van der Waals surface area (Å²) in [5.41, 5.74) is 1.99. The van der Waals surface area contributed by atoms with Gasteiger partial charge in [0.05, 0.1) is 23.6 Å². The van der Waals surface area contributed by atoms with E-state index in [0.29, 0.717) is 0 Å². The van der Waals surface area contributed by atoms with Gasteiger partial charge in [0.25, 0.3) is 0 Å². The molecule has 1 aliphatic heterocycles. The second kappa shape index (κ2) is 8.75. The van der Waals surface area contributed by atoms with Gasteiger partial charge in [-0.05, 0) is 76.2 Å². The van der Waals surface area contributed by atoms with Gasteiger partial charge in [-0.1, -0.05) is 18.2 Å². The molecule has 0 saturated carbocycles. The van der Waals surface area contributed by atoms with Gasteiger partial charge in [0, 0.05) is 13.1 Å². The molecule has 0 spiro atoms. The molecule has 0 saturated heterocycles. The second-order valence-electron chi connectivity index (χ2n) is 6.29. The standard InChI is InChI=1S/C18H20Br2N4.BrH/c1-18(2)23(12-14-6-3-8-16(19)21-14)10-5-11-24(18)13-15-7-4-9-17(20)22-15;/h3-10H,11-13H2,1-2H3;1H. The summed E-state index contributed by atoms with van der Waals surface area (Å²) in [4.78, 5) is 13.9. The van der Waals surface area contributed by atoms with Crippen LogP contribution in [0.3, 0.4) is 0 Å². The van der Waals surface area contributed by atoms with Gasteiger partial charge in [0.2, 0.25) is 0 Å². The Kier molecular flexibility index (Phi) is 7.19. The lowest BCUT2D eigenvalue weighted by molar-refractivity contribution is -0.0182. The van der Waals surface area contributed by atoms with Crippen molar-refractivity contribution in [1.29, 1.82) is 0 Å². The molecule has 0 unspecified atom stereocenters. The molecule has 134 valence electrons. The molecule has 3 rings (SSSR count). The fourth-order valence-electron chi connectivity index (χ4n) is 2.84. The molecule has 0 bridgehead atoms. The van der Waals surface area contributed by atoms with Crippen LogP contribution in [0, 0.1) is 0 Å². The van der Waals surface area contributed by atoms with Crippen LogP contribution in [0.5, 0.6) is 0 Å². The summed E-state index contributed by atoms with van der Waals surface area (Å²) >= 11 is 6.90. The molecule has 7 heteroatoms. The van der Waals surface area contributed by atoms with Crippen molar-refractivity contribution in [3.05, 3.63) is 69.3 Å². The third-order valence-electron chi connectivity index (χ3n) is 4.32. The smallest absolute Gasteiger partial charge is 0.106 e. The minimum atomic E-state index is -0.122. The minimum absolute atomic E-state index is 0.